The van der Waals surface area contributed by atoms with Crippen molar-refractivity contribution in [3.63, 3.8) is 0 Å². The normalized spacial score (nSPS) is 11.3. The minimum Gasteiger partial charge on any atom is -0.495 e. The van der Waals surface area contributed by atoms with Gasteiger partial charge in [-0.3, -0.25) is 14.9 Å². The van der Waals surface area contributed by atoms with Gasteiger partial charge in [0.15, 0.2) is 6.10 Å². The van der Waals surface area contributed by atoms with Crippen LogP contribution >= 0.6 is 11.6 Å². The van der Waals surface area contributed by atoms with Crippen LogP contribution in [0.4, 0.5) is 17.1 Å². The van der Waals surface area contributed by atoms with Crippen LogP contribution in [0.25, 0.3) is 0 Å². The fourth-order valence-corrected chi connectivity index (χ4v) is 2.56. The van der Waals surface area contributed by atoms with E-state index in [0.717, 1.165) is 6.07 Å². The predicted octanol–water partition coefficient (Wildman–Crippen LogP) is 3.48. The van der Waals surface area contributed by atoms with Crippen LogP contribution in [0.15, 0.2) is 36.4 Å². The lowest BCUT2D eigenvalue weighted by atomic mass is 10.1. The predicted molar refractivity (Wildman–Crippen MR) is 104 cm³/mol. The number of anilines is 2. The van der Waals surface area contributed by atoms with Crippen LogP contribution in [0.1, 0.15) is 17.3 Å². The molecule has 0 aliphatic heterocycles. The molecule has 28 heavy (non-hydrogen) atoms. The summed E-state index contributed by atoms with van der Waals surface area (Å²) in [4.78, 5) is 35.0. The lowest BCUT2D eigenvalue weighted by molar-refractivity contribution is -0.384. The number of nitro groups is 1. The number of hydrogen-bond donors (Lipinski definition) is 2. The number of halogens is 1. The largest absolute Gasteiger partial charge is 0.495 e. The van der Waals surface area contributed by atoms with Crippen LogP contribution in [-0.4, -0.2) is 37.1 Å². The van der Waals surface area contributed by atoms with Crippen LogP contribution < -0.4 is 15.4 Å². The summed E-state index contributed by atoms with van der Waals surface area (Å²) >= 11 is 6.01. The highest BCUT2D eigenvalue weighted by molar-refractivity contribution is 6.32. The van der Waals surface area contributed by atoms with Crippen molar-refractivity contribution in [1.29, 1.82) is 0 Å². The Morgan fingerprint density at radius 2 is 1.93 bits per heavy atom. The van der Waals surface area contributed by atoms with Gasteiger partial charge in [0.1, 0.15) is 5.75 Å². The number of ether oxygens (including phenoxy) is 2. The maximum Gasteiger partial charge on any atom is 0.341 e. The highest BCUT2D eigenvalue weighted by Gasteiger charge is 2.23. The fraction of sp³-hybridized carbons (Fsp3) is 0.222. The molecule has 0 spiro atoms. The molecule has 0 heterocycles. The molecule has 0 unspecified atom stereocenters. The molecule has 0 fully saturated rings. The molecule has 0 aromatic heterocycles. The lowest BCUT2D eigenvalue weighted by Gasteiger charge is -2.15. The molecule has 0 bridgehead atoms. The number of nitrogens with one attached hydrogen (secondary N) is 2. The van der Waals surface area contributed by atoms with Gasteiger partial charge in [-0.05, 0) is 31.2 Å². The van der Waals surface area contributed by atoms with E-state index in [1.807, 2.05) is 0 Å². The van der Waals surface area contributed by atoms with Gasteiger partial charge in [-0.15, -0.1) is 0 Å². The van der Waals surface area contributed by atoms with Crippen LogP contribution in [0.2, 0.25) is 5.02 Å². The van der Waals surface area contributed by atoms with Gasteiger partial charge in [0, 0.05) is 30.6 Å². The molecule has 0 saturated heterocycles. The summed E-state index contributed by atoms with van der Waals surface area (Å²) in [5.41, 5.74) is 0.412. The van der Waals surface area contributed by atoms with Gasteiger partial charge in [0.2, 0.25) is 0 Å². The second kappa shape index (κ2) is 9.05. The van der Waals surface area contributed by atoms with Crippen LogP contribution in [-0.2, 0) is 9.53 Å². The number of hydrogen-bond acceptors (Lipinski definition) is 7. The Labute approximate surface area is 165 Å². The van der Waals surface area contributed by atoms with Crippen molar-refractivity contribution in [1.82, 2.24) is 0 Å². The number of nitrogens with zero attached hydrogens (tertiary/aromatic N) is 1. The first-order chi connectivity index (χ1) is 13.3. The van der Waals surface area contributed by atoms with Gasteiger partial charge in [-0.1, -0.05) is 11.6 Å². The number of rotatable bonds is 7. The first-order valence-corrected chi connectivity index (χ1v) is 8.46. The van der Waals surface area contributed by atoms with E-state index in [1.54, 1.807) is 19.2 Å². The summed E-state index contributed by atoms with van der Waals surface area (Å²) < 4.78 is 10.2. The Morgan fingerprint density at radius 3 is 2.50 bits per heavy atom. The summed E-state index contributed by atoms with van der Waals surface area (Å²) in [6.45, 7) is 1.38. The molecular weight excluding hydrogens is 390 g/mol. The highest BCUT2D eigenvalue weighted by atomic mass is 35.5. The van der Waals surface area contributed by atoms with Crippen LogP contribution in [0.3, 0.4) is 0 Å². The third-order valence-electron chi connectivity index (χ3n) is 3.78. The summed E-state index contributed by atoms with van der Waals surface area (Å²) in [6, 6.07) is 8.38. The second-order valence-corrected chi connectivity index (χ2v) is 6.03. The van der Waals surface area contributed by atoms with E-state index < -0.39 is 22.9 Å². The molecule has 10 heteroatoms. The molecule has 9 nitrogen and oxygen atoms in total. The van der Waals surface area contributed by atoms with Crippen LogP contribution in [0, 0.1) is 10.1 Å². The Hall–Kier alpha value is -3.33. The highest BCUT2D eigenvalue weighted by Crippen LogP contribution is 2.27. The van der Waals surface area contributed by atoms with Gasteiger partial charge in [-0.25, -0.2) is 4.79 Å². The Balaban J connectivity index is 2.11. The van der Waals surface area contributed by atoms with Crippen molar-refractivity contribution in [2.45, 2.75) is 13.0 Å². The number of methoxy groups -OCH3 is 1. The minimum absolute atomic E-state index is 0.0520. The van der Waals surface area contributed by atoms with E-state index in [-0.39, 0.29) is 11.3 Å². The molecule has 0 saturated carbocycles. The SMILES string of the molecule is CNc1ccc([N+](=O)[O-])cc1C(=O)O[C@@H](C)C(=O)Nc1ccc(OC)c(Cl)c1. The van der Waals surface area contributed by atoms with Gasteiger partial charge < -0.3 is 20.1 Å². The number of non-ortho nitro benzene ring substituents is 1. The van der Waals surface area contributed by atoms with Crippen molar-refractivity contribution in [3.8, 4) is 5.75 Å². The second-order valence-electron chi connectivity index (χ2n) is 5.62. The average molecular weight is 408 g/mol. The van der Waals surface area contributed by atoms with Gasteiger partial charge in [0.05, 0.1) is 22.6 Å². The zero-order valence-corrected chi connectivity index (χ0v) is 16.1. The Morgan fingerprint density at radius 1 is 1.21 bits per heavy atom. The van der Waals surface area contributed by atoms with Crippen molar-refractivity contribution >= 4 is 40.5 Å². The minimum atomic E-state index is -1.16. The van der Waals surface area contributed by atoms with Crippen molar-refractivity contribution in [2.75, 3.05) is 24.8 Å². The van der Waals surface area contributed by atoms with E-state index in [0.29, 0.717) is 22.1 Å². The monoisotopic (exact) mass is 407 g/mol. The van der Waals surface area contributed by atoms with E-state index >= 15 is 0 Å². The number of nitro benzene ring substituents is 1. The van der Waals surface area contributed by atoms with Gasteiger partial charge in [0.25, 0.3) is 11.6 Å². The van der Waals surface area contributed by atoms with Gasteiger partial charge >= 0.3 is 5.97 Å². The number of benzene rings is 2. The lowest BCUT2D eigenvalue weighted by Crippen LogP contribution is -2.30. The molecule has 0 aliphatic rings. The third-order valence-corrected chi connectivity index (χ3v) is 4.07. The Kier molecular flexibility index (Phi) is 6.78. The summed E-state index contributed by atoms with van der Waals surface area (Å²) in [6.07, 6.45) is -1.16. The van der Waals surface area contributed by atoms with Crippen LogP contribution in [0.5, 0.6) is 5.75 Å². The maximum absolute atomic E-state index is 12.4. The van der Waals surface area contributed by atoms with Crippen molar-refractivity contribution in [3.05, 3.63) is 57.1 Å². The number of carbonyl (C=O) groups is 2. The zero-order valence-electron chi connectivity index (χ0n) is 15.3. The Bertz CT molecular complexity index is 918. The molecule has 2 aromatic carbocycles. The molecule has 1 atom stereocenters. The van der Waals surface area contributed by atoms with E-state index in [4.69, 9.17) is 21.1 Å². The van der Waals surface area contributed by atoms with E-state index in [1.165, 1.54) is 32.2 Å². The number of amides is 1. The fourth-order valence-electron chi connectivity index (χ4n) is 2.30. The number of esters is 1. The summed E-state index contributed by atoms with van der Waals surface area (Å²) in [5.74, 6) is -1.01. The number of carbonyl (C=O) groups excluding carboxylic acids is 2. The smallest absolute Gasteiger partial charge is 0.341 e. The van der Waals surface area contributed by atoms with E-state index in [2.05, 4.69) is 10.6 Å². The summed E-state index contributed by atoms with van der Waals surface area (Å²) in [5, 5.41) is 16.6. The molecule has 2 aromatic rings. The standard InChI is InChI=1S/C18H18ClN3O6/c1-10(17(23)21-11-4-7-16(27-3)14(19)8-11)28-18(24)13-9-12(22(25)26)5-6-15(13)20-2/h4-10,20H,1-3H3,(H,21,23)/t10-/m0/s1. The molecular formula is C18H18ClN3O6. The molecule has 2 rings (SSSR count). The molecule has 148 valence electrons. The molecule has 2 N–H and O–H groups in total. The van der Waals surface area contributed by atoms with Crippen molar-refractivity contribution < 1.29 is 24.0 Å². The first kappa shape index (κ1) is 21.0. The average Bonchev–Trinajstić information content (AvgIpc) is 2.67. The molecule has 0 radical (unpaired) electrons. The van der Waals surface area contributed by atoms with Gasteiger partial charge in [-0.2, -0.15) is 0 Å². The zero-order chi connectivity index (χ0) is 20.8. The quantitative estimate of drug-likeness (QED) is 0.409. The third kappa shape index (κ3) is 4.89. The van der Waals surface area contributed by atoms with Crippen molar-refractivity contribution in [2.24, 2.45) is 0 Å². The molecule has 1 amide bonds. The summed E-state index contributed by atoms with van der Waals surface area (Å²) in [7, 11) is 3.02. The topological polar surface area (TPSA) is 120 Å². The molecule has 0 aliphatic carbocycles. The van der Waals surface area contributed by atoms with E-state index in [9.17, 15) is 19.7 Å². The first-order valence-electron chi connectivity index (χ1n) is 8.08. The maximum atomic E-state index is 12.4.